The van der Waals surface area contributed by atoms with Gasteiger partial charge in [-0.1, -0.05) is 30.3 Å². The van der Waals surface area contributed by atoms with Gasteiger partial charge in [-0.3, -0.25) is 19.2 Å². The van der Waals surface area contributed by atoms with E-state index in [-0.39, 0.29) is 6.54 Å². The molecule has 1 radical (unpaired) electrons. The number of unbranched alkanes of at least 4 members (excludes halogenated alkanes) is 1. The highest BCUT2D eigenvalue weighted by Crippen LogP contribution is 2.05. The van der Waals surface area contributed by atoms with Crippen LogP contribution >= 0.6 is 11.8 Å². The summed E-state index contributed by atoms with van der Waals surface area (Å²) in [6.45, 7) is 0.198. The van der Waals surface area contributed by atoms with E-state index in [4.69, 9.17) is 11.5 Å². The first-order chi connectivity index (χ1) is 15.4. The molecule has 0 aliphatic rings. The monoisotopic (exact) mass is 464 g/mol. The van der Waals surface area contributed by atoms with E-state index in [9.17, 15) is 19.2 Å². The number of carbonyl (C=O) groups is 3. The molecule has 1 rings (SSSR count). The maximum absolute atomic E-state index is 12.6. The molecule has 0 spiro atoms. The van der Waals surface area contributed by atoms with Gasteiger partial charge in [0.15, 0.2) is 0 Å². The van der Waals surface area contributed by atoms with Crippen LogP contribution in [0.4, 0.5) is 0 Å². The van der Waals surface area contributed by atoms with Crippen molar-refractivity contribution < 1.29 is 19.2 Å². The second-order valence-corrected chi connectivity index (χ2v) is 8.36. The van der Waals surface area contributed by atoms with Crippen LogP contribution in [0.2, 0.25) is 0 Å². The van der Waals surface area contributed by atoms with Crippen LogP contribution in [0.25, 0.3) is 0 Å². The Bertz CT molecular complexity index is 720. The second-order valence-electron chi connectivity index (χ2n) is 7.38. The number of nitrogens with two attached hydrogens (primary N) is 2. The summed E-state index contributed by atoms with van der Waals surface area (Å²) in [5.41, 5.74) is 12.4. The molecule has 3 amide bonds. The van der Waals surface area contributed by atoms with Crippen molar-refractivity contribution in [1.29, 1.82) is 0 Å². The van der Waals surface area contributed by atoms with E-state index in [1.807, 2.05) is 36.6 Å². The van der Waals surface area contributed by atoms with Crippen molar-refractivity contribution in [2.45, 2.75) is 50.2 Å². The van der Waals surface area contributed by atoms with Gasteiger partial charge in [-0.05, 0) is 56.2 Å². The minimum absolute atomic E-state index is 0.310. The summed E-state index contributed by atoms with van der Waals surface area (Å²) in [5, 5.41) is 7.72. The van der Waals surface area contributed by atoms with Crippen LogP contribution in [-0.2, 0) is 25.6 Å². The lowest BCUT2D eigenvalue weighted by Crippen LogP contribution is -2.53. The summed E-state index contributed by atoms with van der Waals surface area (Å²) in [5.74, 6) is -0.781. The zero-order valence-corrected chi connectivity index (χ0v) is 19.3. The van der Waals surface area contributed by atoms with E-state index in [0.717, 1.165) is 12.0 Å². The van der Waals surface area contributed by atoms with Crippen molar-refractivity contribution in [3.8, 4) is 0 Å². The number of rotatable bonds is 16. The fourth-order valence-electron chi connectivity index (χ4n) is 2.93. The van der Waals surface area contributed by atoms with E-state index in [1.165, 1.54) is 11.8 Å². The highest BCUT2D eigenvalue weighted by atomic mass is 32.2. The standard InChI is InChI=1S/C22H34N5O4S/c1-32-12-10-19(27-21(30)18(24)13-16-7-3-2-4-8-16)22(31)25-14-20(29)26-17(15-28)9-5-6-11-23/h2-4,7-8,17-19H,5-6,9-14,23-24H2,1H3,(H,25,31)(H,26,29)(H,27,30)/t17-,18-,19-/m0/s1. The molecule has 0 bridgehead atoms. The first-order valence-corrected chi connectivity index (χ1v) is 12.0. The summed E-state index contributed by atoms with van der Waals surface area (Å²) < 4.78 is 0. The first-order valence-electron chi connectivity index (χ1n) is 10.6. The molecule has 9 nitrogen and oxygen atoms in total. The fraction of sp³-hybridized carbons (Fsp3) is 0.545. The van der Waals surface area contributed by atoms with Crippen molar-refractivity contribution in [2.75, 3.05) is 25.1 Å². The molecule has 0 heterocycles. The van der Waals surface area contributed by atoms with Gasteiger partial charge in [0, 0.05) is 0 Å². The molecule has 0 saturated carbocycles. The number of amides is 3. The largest absolute Gasteiger partial charge is 0.345 e. The topological polar surface area (TPSA) is 156 Å². The minimum Gasteiger partial charge on any atom is -0.345 e. The van der Waals surface area contributed by atoms with E-state index < -0.39 is 35.8 Å². The molecule has 0 saturated heterocycles. The van der Waals surface area contributed by atoms with Crippen molar-refractivity contribution in [3.63, 3.8) is 0 Å². The lowest BCUT2D eigenvalue weighted by molar-refractivity contribution is -0.130. The highest BCUT2D eigenvalue weighted by molar-refractivity contribution is 7.98. The number of hydrogen-bond donors (Lipinski definition) is 5. The second kappa shape index (κ2) is 16.2. The molecule has 0 aliphatic carbocycles. The molecule has 32 heavy (non-hydrogen) atoms. The van der Waals surface area contributed by atoms with E-state index in [2.05, 4.69) is 16.0 Å². The molecular formula is C22H34N5O4S. The van der Waals surface area contributed by atoms with Crippen molar-refractivity contribution in [3.05, 3.63) is 35.9 Å². The average Bonchev–Trinajstić information content (AvgIpc) is 2.80. The molecule has 7 N–H and O–H groups in total. The van der Waals surface area contributed by atoms with Gasteiger partial charge in [-0.15, -0.1) is 0 Å². The highest BCUT2D eigenvalue weighted by Gasteiger charge is 2.24. The number of benzene rings is 1. The summed E-state index contributed by atoms with van der Waals surface area (Å²) in [4.78, 5) is 48.2. The minimum atomic E-state index is -0.817. The predicted molar refractivity (Wildman–Crippen MR) is 127 cm³/mol. The quantitative estimate of drug-likeness (QED) is 0.209. The van der Waals surface area contributed by atoms with Crippen molar-refractivity contribution in [1.82, 2.24) is 16.0 Å². The van der Waals surface area contributed by atoms with Crippen LogP contribution in [-0.4, -0.2) is 67.2 Å². The summed E-state index contributed by atoms with van der Waals surface area (Å²) in [6.07, 6.45) is 6.28. The third-order valence-corrected chi connectivity index (χ3v) is 5.37. The lowest BCUT2D eigenvalue weighted by atomic mass is 10.1. The molecule has 1 aromatic carbocycles. The number of nitrogens with one attached hydrogen (secondary N) is 3. The zero-order valence-electron chi connectivity index (χ0n) is 18.5. The van der Waals surface area contributed by atoms with E-state index >= 15 is 0 Å². The Morgan fingerprint density at radius 3 is 2.41 bits per heavy atom. The number of thioether (sulfide) groups is 1. The van der Waals surface area contributed by atoms with Gasteiger partial charge in [-0.2, -0.15) is 11.8 Å². The Labute approximate surface area is 193 Å². The number of carbonyl (C=O) groups excluding carboxylic acids is 4. The van der Waals surface area contributed by atoms with Crippen molar-refractivity contribution >= 4 is 35.8 Å². The maximum Gasteiger partial charge on any atom is 0.243 e. The normalized spacial score (nSPS) is 13.5. The molecule has 10 heteroatoms. The summed E-state index contributed by atoms with van der Waals surface area (Å²) >= 11 is 1.54. The average molecular weight is 465 g/mol. The van der Waals surface area contributed by atoms with Gasteiger partial charge < -0.3 is 27.4 Å². The Morgan fingerprint density at radius 2 is 1.78 bits per heavy atom. The fourth-order valence-corrected chi connectivity index (χ4v) is 3.40. The van der Waals surface area contributed by atoms with Crippen LogP contribution in [0.5, 0.6) is 0 Å². The Morgan fingerprint density at radius 1 is 1.06 bits per heavy atom. The van der Waals surface area contributed by atoms with Gasteiger partial charge in [-0.25, -0.2) is 0 Å². The third kappa shape index (κ3) is 11.3. The maximum atomic E-state index is 12.6. The van der Waals surface area contributed by atoms with Crippen LogP contribution in [0.15, 0.2) is 30.3 Å². The van der Waals surface area contributed by atoms with Crippen LogP contribution in [0.1, 0.15) is 31.2 Å². The van der Waals surface area contributed by atoms with Gasteiger partial charge in [0.05, 0.1) is 18.6 Å². The smallest absolute Gasteiger partial charge is 0.243 e. The summed E-state index contributed by atoms with van der Waals surface area (Å²) in [6, 6.07) is 7.01. The predicted octanol–water partition coefficient (Wildman–Crippen LogP) is -0.366. The van der Waals surface area contributed by atoms with Gasteiger partial charge in [0.25, 0.3) is 0 Å². The molecule has 0 aromatic heterocycles. The van der Waals surface area contributed by atoms with E-state index in [0.29, 0.717) is 38.0 Å². The molecule has 177 valence electrons. The third-order valence-electron chi connectivity index (χ3n) is 4.73. The summed E-state index contributed by atoms with van der Waals surface area (Å²) in [7, 11) is 0. The molecular weight excluding hydrogens is 430 g/mol. The van der Waals surface area contributed by atoms with Gasteiger partial charge >= 0.3 is 0 Å². The van der Waals surface area contributed by atoms with Crippen LogP contribution < -0.4 is 27.4 Å². The SMILES string of the molecule is CSCC[C@H](NC(=O)[C@@H](N)Cc1ccccc1)C(=O)NCC(=O)N[C@H]([C]=O)CCCCN. The zero-order chi connectivity index (χ0) is 23.8. The molecule has 1 aromatic rings. The Hall–Kier alpha value is -2.43. The lowest BCUT2D eigenvalue weighted by Gasteiger charge is -2.21. The van der Waals surface area contributed by atoms with Gasteiger partial charge in [0.1, 0.15) is 6.04 Å². The Balaban J connectivity index is 2.56. The molecule has 0 unspecified atom stereocenters. The van der Waals surface area contributed by atoms with Crippen LogP contribution in [0.3, 0.4) is 0 Å². The van der Waals surface area contributed by atoms with E-state index in [1.54, 1.807) is 6.29 Å². The Kier molecular flexibility index (Phi) is 14.0. The molecule has 3 atom stereocenters. The van der Waals surface area contributed by atoms with Gasteiger partial charge in [0.2, 0.25) is 24.0 Å². The molecule has 0 fully saturated rings. The number of hydrogen-bond acceptors (Lipinski definition) is 7. The van der Waals surface area contributed by atoms with Crippen LogP contribution in [0, 0.1) is 0 Å². The first kappa shape index (κ1) is 27.6. The molecule has 0 aliphatic heterocycles. The van der Waals surface area contributed by atoms with Crippen molar-refractivity contribution in [2.24, 2.45) is 11.5 Å².